The van der Waals surface area contributed by atoms with Crippen molar-refractivity contribution in [3.05, 3.63) is 182 Å². The van der Waals surface area contributed by atoms with E-state index in [1.54, 1.807) is 0 Å². The highest BCUT2D eigenvalue weighted by Gasteiger charge is 2.21. The highest BCUT2D eigenvalue weighted by Crippen LogP contribution is 2.41. The summed E-state index contributed by atoms with van der Waals surface area (Å²) in [5.41, 5.74) is 11.7. The summed E-state index contributed by atoms with van der Waals surface area (Å²) in [5.74, 6) is 2.42. The maximum atomic E-state index is 5.33. The first-order chi connectivity index (χ1) is 26.7. The number of nitrogens with zero attached hydrogens (tertiary/aromatic N) is 5. The number of fused-ring (bicyclic) bond motifs is 5. The van der Waals surface area contributed by atoms with Gasteiger partial charge in [0.1, 0.15) is 0 Å². The largest absolute Gasteiger partial charge is 0.307 e. The number of para-hydroxylation sites is 3. The van der Waals surface area contributed by atoms with Crippen molar-refractivity contribution in [1.82, 2.24) is 24.5 Å². The monoisotopic (exact) mass is 693 g/mol. The highest BCUT2D eigenvalue weighted by molar-refractivity contribution is 6.23. The lowest BCUT2D eigenvalue weighted by Crippen LogP contribution is -2.08. The van der Waals surface area contributed by atoms with Gasteiger partial charge >= 0.3 is 0 Å². The molecular weight excluding hydrogens is 659 g/mol. The molecule has 0 fully saturated rings. The SMILES string of the molecule is CC1CC=CC=C1c1nc(-c2ccccc2)nc(-c2ccc(-c3ccc(-c4nc5ccccc5c5c6ccccc6n(-c6ccccc6)c45)cc3)cc2)n1. The van der Waals surface area contributed by atoms with Crippen LogP contribution < -0.4 is 0 Å². The van der Waals surface area contributed by atoms with E-state index in [4.69, 9.17) is 19.9 Å². The number of hydrogen-bond acceptors (Lipinski definition) is 4. The van der Waals surface area contributed by atoms with E-state index in [1.807, 2.05) is 30.3 Å². The van der Waals surface area contributed by atoms with E-state index in [1.165, 1.54) is 10.8 Å². The quantitative estimate of drug-likeness (QED) is 0.174. The third-order valence-corrected chi connectivity index (χ3v) is 10.5. The Labute approximate surface area is 313 Å². The number of hydrogen-bond donors (Lipinski definition) is 0. The Hall–Kier alpha value is -6.98. The van der Waals surface area contributed by atoms with Gasteiger partial charge in [0.2, 0.25) is 0 Å². The van der Waals surface area contributed by atoms with Crippen LogP contribution in [0.4, 0.5) is 0 Å². The second-order valence-electron chi connectivity index (χ2n) is 13.9. The summed E-state index contributed by atoms with van der Waals surface area (Å²) in [6.45, 7) is 2.22. The number of pyridine rings is 1. The van der Waals surface area contributed by atoms with E-state index < -0.39 is 0 Å². The molecule has 0 spiro atoms. The molecule has 3 aromatic heterocycles. The van der Waals surface area contributed by atoms with Gasteiger partial charge in [0.05, 0.1) is 22.2 Å². The Morgan fingerprint density at radius 1 is 0.500 bits per heavy atom. The van der Waals surface area contributed by atoms with Crippen LogP contribution >= 0.6 is 0 Å². The maximum Gasteiger partial charge on any atom is 0.164 e. The molecule has 0 N–H and O–H groups in total. The van der Waals surface area contributed by atoms with Crippen molar-refractivity contribution in [2.45, 2.75) is 13.3 Å². The lowest BCUT2D eigenvalue weighted by molar-refractivity contribution is 0.747. The van der Waals surface area contributed by atoms with Gasteiger partial charge in [-0.05, 0) is 47.7 Å². The summed E-state index contributed by atoms with van der Waals surface area (Å²) >= 11 is 0. The number of benzene rings is 6. The Morgan fingerprint density at radius 3 is 1.76 bits per heavy atom. The van der Waals surface area contributed by atoms with Crippen LogP contribution in [0.1, 0.15) is 19.2 Å². The Kier molecular flexibility index (Phi) is 7.76. The van der Waals surface area contributed by atoms with Crippen LogP contribution in [0.3, 0.4) is 0 Å². The van der Waals surface area contributed by atoms with Crippen molar-refractivity contribution in [1.29, 1.82) is 0 Å². The van der Waals surface area contributed by atoms with Crippen molar-refractivity contribution < 1.29 is 0 Å². The molecule has 54 heavy (non-hydrogen) atoms. The average Bonchev–Trinajstić information content (AvgIpc) is 3.60. The molecule has 9 aromatic rings. The predicted molar refractivity (Wildman–Crippen MR) is 222 cm³/mol. The summed E-state index contributed by atoms with van der Waals surface area (Å²) in [6.07, 6.45) is 7.40. The Bertz CT molecular complexity index is 2890. The van der Waals surface area contributed by atoms with Gasteiger partial charge < -0.3 is 4.57 Å². The highest BCUT2D eigenvalue weighted by atomic mass is 15.0. The molecule has 0 saturated heterocycles. The summed E-state index contributed by atoms with van der Waals surface area (Å²) in [7, 11) is 0. The molecule has 5 nitrogen and oxygen atoms in total. The molecule has 3 heterocycles. The van der Waals surface area contributed by atoms with Gasteiger partial charge in [0.15, 0.2) is 17.5 Å². The fourth-order valence-corrected chi connectivity index (χ4v) is 7.76. The Morgan fingerprint density at radius 2 is 1.06 bits per heavy atom. The first kappa shape index (κ1) is 31.7. The molecule has 256 valence electrons. The smallest absolute Gasteiger partial charge is 0.164 e. The minimum atomic E-state index is 0.335. The van der Waals surface area contributed by atoms with Gasteiger partial charge in [-0.3, -0.25) is 0 Å². The zero-order valence-electron chi connectivity index (χ0n) is 29.8. The normalized spacial score (nSPS) is 14.2. The number of allylic oxidation sites excluding steroid dienone is 4. The molecule has 6 aromatic carbocycles. The van der Waals surface area contributed by atoms with E-state index in [9.17, 15) is 0 Å². The molecule has 5 heteroatoms. The molecule has 0 saturated carbocycles. The summed E-state index contributed by atoms with van der Waals surface area (Å²) in [6, 6.07) is 55.2. The maximum absolute atomic E-state index is 5.33. The van der Waals surface area contributed by atoms with Gasteiger partial charge in [0.25, 0.3) is 0 Å². The van der Waals surface area contributed by atoms with Crippen LogP contribution in [-0.2, 0) is 0 Å². The molecule has 0 radical (unpaired) electrons. The van der Waals surface area contributed by atoms with Gasteiger partial charge in [0, 0.05) is 44.1 Å². The molecule has 0 bridgehead atoms. The van der Waals surface area contributed by atoms with Gasteiger partial charge in [-0.15, -0.1) is 0 Å². The molecule has 0 amide bonds. The lowest BCUT2D eigenvalue weighted by Gasteiger charge is -2.17. The van der Waals surface area contributed by atoms with Crippen LogP contribution in [-0.4, -0.2) is 24.5 Å². The third-order valence-electron chi connectivity index (χ3n) is 10.5. The van der Waals surface area contributed by atoms with Gasteiger partial charge in [-0.2, -0.15) is 0 Å². The zero-order valence-corrected chi connectivity index (χ0v) is 29.8. The molecular formula is C49H35N5. The molecule has 1 aliphatic rings. The van der Waals surface area contributed by atoms with E-state index >= 15 is 0 Å². The third kappa shape index (κ3) is 5.49. The molecule has 10 rings (SSSR count). The average molecular weight is 694 g/mol. The zero-order chi connectivity index (χ0) is 36.0. The van der Waals surface area contributed by atoms with Crippen molar-refractivity contribution in [3.8, 4) is 50.8 Å². The fraction of sp³-hybridized carbons (Fsp3) is 0.0612. The summed E-state index contributed by atoms with van der Waals surface area (Å²) in [5, 5.41) is 3.59. The van der Waals surface area contributed by atoms with Crippen LogP contribution in [0.5, 0.6) is 0 Å². The number of aromatic nitrogens is 5. The van der Waals surface area contributed by atoms with Gasteiger partial charge in [-0.1, -0.05) is 159 Å². The second kappa shape index (κ2) is 13.2. The second-order valence-corrected chi connectivity index (χ2v) is 13.9. The summed E-state index contributed by atoms with van der Waals surface area (Å²) in [4.78, 5) is 20.2. The Balaban J connectivity index is 1.05. The van der Waals surface area contributed by atoms with Crippen LogP contribution in [0, 0.1) is 5.92 Å². The first-order valence-corrected chi connectivity index (χ1v) is 18.5. The lowest BCUT2D eigenvalue weighted by atomic mass is 9.92. The van der Waals surface area contributed by atoms with Crippen molar-refractivity contribution >= 4 is 38.3 Å². The van der Waals surface area contributed by atoms with E-state index in [2.05, 4.69) is 157 Å². The topological polar surface area (TPSA) is 56.5 Å². The minimum absolute atomic E-state index is 0.335. The van der Waals surface area contributed by atoms with E-state index in [-0.39, 0.29) is 0 Å². The van der Waals surface area contributed by atoms with Gasteiger partial charge in [-0.25, -0.2) is 19.9 Å². The van der Waals surface area contributed by atoms with Crippen LogP contribution in [0.15, 0.2) is 176 Å². The van der Waals surface area contributed by atoms with Crippen LogP contribution in [0.2, 0.25) is 0 Å². The predicted octanol–water partition coefficient (Wildman–Crippen LogP) is 12.2. The van der Waals surface area contributed by atoms with Crippen molar-refractivity contribution in [2.24, 2.45) is 5.92 Å². The van der Waals surface area contributed by atoms with Crippen molar-refractivity contribution in [2.75, 3.05) is 0 Å². The van der Waals surface area contributed by atoms with E-state index in [0.717, 1.165) is 79.0 Å². The molecule has 1 aliphatic carbocycles. The van der Waals surface area contributed by atoms with Crippen LogP contribution in [0.25, 0.3) is 89.1 Å². The molecule has 1 atom stereocenters. The minimum Gasteiger partial charge on any atom is -0.307 e. The first-order valence-electron chi connectivity index (χ1n) is 18.5. The summed E-state index contributed by atoms with van der Waals surface area (Å²) < 4.78 is 2.37. The standard InChI is InChI=1S/C49H35N5/c1-32-14-8-9-19-39(32)49-52-47(36-15-4-2-5-16-36)51-48(53-49)37-30-26-34(27-31-37)33-24-28-35(29-25-33)45-46-44(40-20-10-12-22-42(40)50-45)41-21-11-13-23-43(41)54(46)38-17-6-3-7-18-38/h2-13,15-32H,14H2,1H3. The molecule has 1 unspecified atom stereocenters. The van der Waals surface area contributed by atoms with Crippen molar-refractivity contribution in [3.63, 3.8) is 0 Å². The molecule has 0 aliphatic heterocycles. The number of rotatable bonds is 6. The fourth-order valence-electron chi connectivity index (χ4n) is 7.76. The van der Waals surface area contributed by atoms with E-state index in [0.29, 0.717) is 17.6 Å².